The van der Waals surface area contributed by atoms with E-state index in [1.807, 2.05) is 26.0 Å². The molecule has 1 amide bonds. The van der Waals surface area contributed by atoms with Crippen molar-refractivity contribution in [2.45, 2.75) is 26.3 Å². The van der Waals surface area contributed by atoms with Crippen LogP contribution in [0, 0.1) is 13.8 Å². The van der Waals surface area contributed by atoms with E-state index in [4.69, 9.17) is 27.9 Å². The van der Waals surface area contributed by atoms with E-state index in [1.165, 1.54) is 0 Å². The highest BCUT2D eigenvalue weighted by molar-refractivity contribution is 6.35. The van der Waals surface area contributed by atoms with Gasteiger partial charge in [-0.15, -0.1) is 0 Å². The van der Waals surface area contributed by atoms with Gasteiger partial charge in [-0.25, -0.2) is 4.98 Å². The quantitative estimate of drug-likeness (QED) is 0.915. The standard InChI is InChI=1S/C17H16Cl2N2O2/c1-9-5-11(18)6-14(19)13(9)7-16(22)21-15-8-23-17-12(15)4-3-10(2)20-17/h3-6,15H,7-8H2,1-2H3,(H,21,22). The lowest BCUT2D eigenvalue weighted by Crippen LogP contribution is -2.31. The second-order valence-corrected chi connectivity index (χ2v) is 6.48. The fourth-order valence-corrected chi connectivity index (χ4v) is 3.32. The number of aromatic nitrogens is 1. The van der Waals surface area contributed by atoms with Crippen LogP contribution in [0.1, 0.15) is 28.4 Å². The molecule has 23 heavy (non-hydrogen) atoms. The molecule has 0 saturated carbocycles. The molecule has 0 fully saturated rings. The molecule has 3 rings (SSSR count). The molecule has 6 heteroatoms. The van der Waals surface area contributed by atoms with E-state index in [-0.39, 0.29) is 18.4 Å². The summed E-state index contributed by atoms with van der Waals surface area (Å²) in [5.41, 5.74) is 3.48. The smallest absolute Gasteiger partial charge is 0.225 e. The Morgan fingerprint density at radius 3 is 2.87 bits per heavy atom. The van der Waals surface area contributed by atoms with Gasteiger partial charge < -0.3 is 10.1 Å². The number of ether oxygens (including phenoxy) is 1. The lowest BCUT2D eigenvalue weighted by Gasteiger charge is -2.13. The molecule has 0 spiro atoms. The van der Waals surface area contributed by atoms with Gasteiger partial charge in [0.05, 0.1) is 12.5 Å². The van der Waals surface area contributed by atoms with Gasteiger partial charge in [-0.1, -0.05) is 23.2 Å². The van der Waals surface area contributed by atoms with Crippen LogP contribution < -0.4 is 10.1 Å². The van der Waals surface area contributed by atoms with Gasteiger partial charge in [0.1, 0.15) is 6.61 Å². The van der Waals surface area contributed by atoms with E-state index >= 15 is 0 Å². The number of benzene rings is 1. The van der Waals surface area contributed by atoms with E-state index in [0.717, 1.165) is 22.4 Å². The van der Waals surface area contributed by atoms with Crippen molar-refractivity contribution in [3.05, 3.63) is 56.7 Å². The van der Waals surface area contributed by atoms with Gasteiger partial charge in [-0.3, -0.25) is 4.79 Å². The van der Waals surface area contributed by atoms with Crippen molar-refractivity contribution in [3.8, 4) is 5.88 Å². The lowest BCUT2D eigenvalue weighted by molar-refractivity contribution is -0.121. The molecule has 1 aliphatic rings. The molecule has 1 aromatic carbocycles. The van der Waals surface area contributed by atoms with Crippen LogP contribution in [-0.4, -0.2) is 17.5 Å². The van der Waals surface area contributed by atoms with Gasteiger partial charge in [-0.2, -0.15) is 0 Å². The van der Waals surface area contributed by atoms with Gasteiger partial charge >= 0.3 is 0 Å². The van der Waals surface area contributed by atoms with Crippen molar-refractivity contribution in [2.75, 3.05) is 6.61 Å². The molecular formula is C17H16Cl2N2O2. The molecule has 120 valence electrons. The highest BCUT2D eigenvalue weighted by atomic mass is 35.5. The van der Waals surface area contributed by atoms with Crippen LogP contribution in [0.2, 0.25) is 10.0 Å². The Morgan fingerprint density at radius 1 is 1.35 bits per heavy atom. The van der Waals surface area contributed by atoms with E-state index in [1.54, 1.807) is 12.1 Å². The number of nitrogens with zero attached hydrogens (tertiary/aromatic N) is 1. The average molecular weight is 351 g/mol. The Morgan fingerprint density at radius 2 is 2.13 bits per heavy atom. The van der Waals surface area contributed by atoms with Gasteiger partial charge in [0, 0.05) is 21.3 Å². The maximum Gasteiger partial charge on any atom is 0.225 e. The number of rotatable bonds is 3. The number of pyridine rings is 1. The SMILES string of the molecule is Cc1ccc2c(n1)OCC2NC(=O)Cc1c(C)cc(Cl)cc1Cl. The molecule has 4 nitrogen and oxygen atoms in total. The third kappa shape index (κ3) is 3.43. The van der Waals surface area contributed by atoms with E-state index in [2.05, 4.69) is 10.3 Å². The van der Waals surface area contributed by atoms with Crippen LogP contribution in [0.5, 0.6) is 5.88 Å². The first-order valence-electron chi connectivity index (χ1n) is 7.28. The minimum atomic E-state index is -0.183. The number of halogens is 2. The fourth-order valence-electron chi connectivity index (χ4n) is 2.66. The number of carbonyl (C=O) groups is 1. The van der Waals surface area contributed by atoms with E-state index in [0.29, 0.717) is 22.5 Å². The number of aryl methyl sites for hydroxylation is 2. The third-order valence-corrected chi connectivity index (χ3v) is 4.40. The fraction of sp³-hybridized carbons (Fsp3) is 0.294. The minimum Gasteiger partial charge on any atom is -0.475 e. The van der Waals surface area contributed by atoms with E-state index < -0.39 is 0 Å². The van der Waals surface area contributed by atoms with Crippen LogP contribution >= 0.6 is 23.2 Å². The monoisotopic (exact) mass is 350 g/mol. The van der Waals surface area contributed by atoms with Crippen LogP contribution in [-0.2, 0) is 11.2 Å². The highest BCUT2D eigenvalue weighted by Crippen LogP contribution is 2.31. The Kier molecular flexibility index (Phi) is 4.46. The first-order chi connectivity index (χ1) is 10.9. The summed E-state index contributed by atoms with van der Waals surface area (Å²) < 4.78 is 5.54. The van der Waals surface area contributed by atoms with E-state index in [9.17, 15) is 4.79 Å². The zero-order chi connectivity index (χ0) is 16.6. The molecule has 0 aliphatic carbocycles. The summed E-state index contributed by atoms with van der Waals surface area (Å²) in [7, 11) is 0. The predicted molar refractivity (Wildman–Crippen MR) is 90.3 cm³/mol. The summed E-state index contributed by atoms with van der Waals surface area (Å²) in [6, 6.07) is 7.12. The molecule has 0 radical (unpaired) electrons. The topological polar surface area (TPSA) is 51.2 Å². The Labute approximate surface area is 144 Å². The Hall–Kier alpha value is -1.78. The van der Waals surface area contributed by atoms with Crippen molar-refractivity contribution in [2.24, 2.45) is 0 Å². The number of hydrogen-bond donors (Lipinski definition) is 1. The number of hydrogen-bond acceptors (Lipinski definition) is 3. The summed E-state index contributed by atoms with van der Waals surface area (Å²) in [5, 5.41) is 4.05. The second-order valence-electron chi connectivity index (χ2n) is 5.64. The van der Waals surface area contributed by atoms with Crippen molar-refractivity contribution in [1.29, 1.82) is 0 Å². The zero-order valence-corrected chi connectivity index (χ0v) is 14.3. The van der Waals surface area contributed by atoms with Gasteiger partial charge in [0.25, 0.3) is 0 Å². The Balaban J connectivity index is 1.72. The van der Waals surface area contributed by atoms with Crippen LogP contribution in [0.15, 0.2) is 24.3 Å². The maximum absolute atomic E-state index is 12.4. The minimum absolute atomic E-state index is 0.112. The number of fused-ring (bicyclic) bond motifs is 1. The third-order valence-electron chi connectivity index (χ3n) is 3.85. The molecule has 1 aliphatic heterocycles. The molecule has 1 N–H and O–H groups in total. The molecular weight excluding hydrogens is 335 g/mol. The summed E-state index contributed by atoms with van der Waals surface area (Å²) >= 11 is 12.2. The average Bonchev–Trinajstić information content (AvgIpc) is 2.85. The van der Waals surface area contributed by atoms with Crippen LogP contribution in [0.4, 0.5) is 0 Å². The molecule has 2 heterocycles. The molecule has 1 aromatic heterocycles. The maximum atomic E-state index is 12.4. The molecule has 0 bridgehead atoms. The van der Waals surface area contributed by atoms with Crippen LogP contribution in [0.25, 0.3) is 0 Å². The number of carbonyl (C=O) groups excluding carboxylic acids is 1. The summed E-state index contributed by atoms with van der Waals surface area (Å²) in [6.45, 7) is 4.19. The first-order valence-corrected chi connectivity index (χ1v) is 8.04. The molecule has 1 unspecified atom stereocenters. The number of amides is 1. The molecule has 0 saturated heterocycles. The summed E-state index contributed by atoms with van der Waals surface area (Å²) in [4.78, 5) is 16.7. The largest absolute Gasteiger partial charge is 0.475 e. The number of nitrogens with one attached hydrogen (secondary N) is 1. The van der Waals surface area contributed by atoms with Crippen LogP contribution in [0.3, 0.4) is 0 Å². The van der Waals surface area contributed by atoms with Gasteiger partial charge in [0.2, 0.25) is 11.8 Å². The summed E-state index contributed by atoms with van der Waals surface area (Å²) in [6.07, 6.45) is 0.201. The highest BCUT2D eigenvalue weighted by Gasteiger charge is 2.27. The zero-order valence-electron chi connectivity index (χ0n) is 12.8. The molecule has 1 atom stereocenters. The molecule has 2 aromatic rings. The normalized spacial score (nSPS) is 15.9. The van der Waals surface area contributed by atoms with Crippen molar-refractivity contribution in [3.63, 3.8) is 0 Å². The second kappa shape index (κ2) is 6.38. The Bertz CT molecular complexity index is 754. The van der Waals surface area contributed by atoms with Crippen molar-refractivity contribution >= 4 is 29.1 Å². The lowest BCUT2D eigenvalue weighted by atomic mass is 10.0. The summed E-state index contributed by atoms with van der Waals surface area (Å²) in [5.74, 6) is 0.482. The predicted octanol–water partition coefficient (Wildman–Crippen LogP) is 3.80. The van der Waals surface area contributed by atoms with Gasteiger partial charge in [0.15, 0.2) is 0 Å². The van der Waals surface area contributed by atoms with Gasteiger partial charge in [-0.05, 0) is 49.2 Å². The van der Waals surface area contributed by atoms with Crippen molar-refractivity contribution < 1.29 is 9.53 Å². The first kappa shape index (κ1) is 16.1. The van der Waals surface area contributed by atoms with Crippen molar-refractivity contribution in [1.82, 2.24) is 10.3 Å².